The largest absolute Gasteiger partial charge is 0.346 e. The van der Waals surface area contributed by atoms with Gasteiger partial charge in [-0.05, 0) is 46.0 Å². The fraction of sp³-hybridized carbons (Fsp3) is 0.591. The van der Waals surface area contributed by atoms with Crippen LogP contribution in [-0.2, 0) is 24.3 Å². The molecule has 1 fully saturated rings. The van der Waals surface area contributed by atoms with E-state index in [4.69, 9.17) is 0 Å². The SMILES string of the molecule is C[C@@H](NC(=O)C1CCN(C)CC1)c1nnc2n1CCN(Cc1ccc(F)cc1F)CC2. The van der Waals surface area contributed by atoms with Crippen molar-refractivity contribution in [2.24, 2.45) is 5.92 Å². The smallest absolute Gasteiger partial charge is 0.223 e. The molecule has 168 valence electrons. The van der Waals surface area contributed by atoms with Crippen LogP contribution in [0.2, 0.25) is 0 Å². The molecule has 0 spiro atoms. The molecule has 1 N–H and O–H groups in total. The Morgan fingerprint density at radius 3 is 2.68 bits per heavy atom. The van der Waals surface area contributed by atoms with Crippen molar-refractivity contribution in [2.45, 2.75) is 45.3 Å². The number of rotatable bonds is 5. The summed E-state index contributed by atoms with van der Waals surface area (Å²) in [5.41, 5.74) is 0.484. The predicted octanol–water partition coefficient (Wildman–Crippen LogP) is 2.13. The first-order valence-corrected chi connectivity index (χ1v) is 11.0. The Bertz CT molecular complexity index is 925. The van der Waals surface area contributed by atoms with Crippen LogP contribution in [0.4, 0.5) is 8.78 Å². The lowest BCUT2D eigenvalue weighted by Crippen LogP contribution is -2.40. The van der Waals surface area contributed by atoms with Crippen LogP contribution < -0.4 is 5.32 Å². The molecule has 1 amide bonds. The lowest BCUT2D eigenvalue weighted by Gasteiger charge is -2.29. The average molecular weight is 433 g/mol. The first-order chi connectivity index (χ1) is 14.9. The number of piperidine rings is 1. The minimum Gasteiger partial charge on any atom is -0.346 e. The van der Waals surface area contributed by atoms with Gasteiger partial charge in [0.2, 0.25) is 5.91 Å². The van der Waals surface area contributed by atoms with E-state index in [9.17, 15) is 13.6 Å². The van der Waals surface area contributed by atoms with Gasteiger partial charge in [0.05, 0.1) is 6.04 Å². The molecule has 1 atom stereocenters. The Kier molecular flexibility index (Phi) is 6.62. The molecular formula is C22H30F2N6O. The number of hydrogen-bond acceptors (Lipinski definition) is 5. The van der Waals surface area contributed by atoms with E-state index >= 15 is 0 Å². The lowest BCUT2D eigenvalue weighted by molar-refractivity contribution is -0.127. The van der Waals surface area contributed by atoms with Gasteiger partial charge in [0.15, 0.2) is 5.82 Å². The van der Waals surface area contributed by atoms with Gasteiger partial charge in [-0.3, -0.25) is 9.69 Å². The minimum absolute atomic E-state index is 0.0475. The van der Waals surface area contributed by atoms with E-state index in [1.807, 2.05) is 6.92 Å². The molecule has 4 rings (SSSR count). The molecule has 3 heterocycles. The zero-order valence-electron chi connectivity index (χ0n) is 18.2. The van der Waals surface area contributed by atoms with Gasteiger partial charge in [-0.1, -0.05) is 6.07 Å². The number of carbonyl (C=O) groups excluding carboxylic acids is 1. The summed E-state index contributed by atoms with van der Waals surface area (Å²) in [5.74, 6) is 0.675. The highest BCUT2D eigenvalue weighted by atomic mass is 19.1. The molecule has 0 unspecified atom stereocenters. The molecule has 1 aromatic heterocycles. The quantitative estimate of drug-likeness (QED) is 0.784. The molecule has 0 bridgehead atoms. The zero-order valence-corrected chi connectivity index (χ0v) is 18.2. The number of amides is 1. The first kappa shape index (κ1) is 21.8. The molecule has 31 heavy (non-hydrogen) atoms. The van der Waals surface area contributed by atoms with Crippen molar-refractivity contribution in [2.75, 3.05) is 33.2 Å². The fourth-order valence-corrected chi connectivity index (χ4v) is 4.42. The molecule has 0 saturated carbocycles. The molecule has 0 radical (unpaired) electrons. The Morgan fingerprint density at radius 2 is 1.94 bits per heavy atom. The number of halogens is 2. The number of fused-ring (bicyclic) bond motifs is 1. The predicted molar refractivity (Wildman–Crippen MR) is 112 cm³/mol. The van der Waals surface area contributed by atoms with Gasteiger partial charge in [0.1, 0.15) is 17.5 Å². The van der Waals surface area contributed by atoms with Gasteiger partial charge >= 0.3 is 0 Å². The van der Waals surface area contributed by atoms with Crippen LogP contribution in [0.15, 0.2) is 18.2 Å². The second-order valence-corrected chi connectivity index (χ2v) is 8.70. The maximum absolute atomic E-state index is 14.0. The maximum Gasteiger partial charge on any atom is 0.223 e. The van der Waals surface area contributed by atoms with Gasteiger partial charge in [-0.25, -0.2) is 8.78 Å². The van der Waals surface area contributed by atoms with Crippen LogP contribution >= 0.6 is 0 Å². The molecule has 9 heteroatoms. The van der Waals surface area contributed by atoms with E-state index in [-0.39, 0.29) is 17.9 Å². The number of benzene rings is 1. The summed E-state index contributed by atoms with van der Waals surface area (Å²) in [7, 11) is 2.08. The van der Waals surface area contributed by atoms with Crippen LogP contribution in [0.3, 0.4) is 0 Å². The topological polar surface area (TPSA) is 66.3 Å². The van der Waals surface area contributed by atoms with E-state index in [2.05, 4.69) is 36.9 Å². The summed E-state index contributed by atoms with van der Waals surface area (Å²) >= 11 is 0. The van der Waals surface area contributed by atoms with Crippen LogP contribution in [0, 0.1) is 17.6 Å². The summed E-state index contributed by atoms with van der Waals surface area (Å²) in [6, 6.07) is 3.49. The Balaban J connectivity index is 1.37. The Hall–Kier alpha value is -2.39. The Morgan fingerprint density at radius 1 is 1.16 bits per heavy atom. The Labute approximate surface area is 181 Å². The molecule has 2 aromatic rings. The van der Waals surface area contributed by atoms with Gasteiger partial charge in [-0.15, -0.1) is 10.2 Å². The highest BCUT2D eigenvalue weighted by Gasteiger charge is 2.27. The van der Waals surface area contributed by atoms with E-state index in [0.717, 1.165) is 43.6 Å². The van der Waals surface area contributed by atoms with Gasteiger partial charge in [-0.2, -0.15) is 0 Å². The number of hydrogen-bond donors (Lipinski definition) is 1. The van der Waals surface area contributed by atoms with E-state index in [1.165, 1.54) is 12.1 Å². The highest BCUT2D eigenvalue weighted by Crippen LogP contribution is 2.21. The summed E-state index contributed by atoms with van der Waals surface area (Å²) in [6.07, 6.45) is 2.44. The molecular weight excluding hydrogens is 402 g/mol. The summed E-state index contributed by atoms with van der Waals surface area (Å²) < 4.78 is 29.3. The molecule has 7 nitrogen and oxygen atoms in total. The number of nitrogens with one attached hydrogen (secondary N) is 1. The molecule has 1 saturated heterocycles. The standard InChI is InChI=1S/C22H30F2N6O/c1-15(25-22(31)16-5-8-28(2)9-6-16)21-27-26-20-7-10-29(11-12-30(20)21)14-17-3-4-18(23)13-19(17)24/h3-4,13,15-16H,5-12,14H2,1-2H3,(H,25,31)/t15-/m1/s1. The highest BCUT2D eigenvalue weighted by molar-refractivity contribution is 5.79. The molecule has 2 aliphatic rings. The maximum atomic E-state index is 14.0. The second-order valence-electron chi connectivity index (χ2n) is 8.70. The number of nitrogens with zero attached hydrogens (tertiary/aromatic N) is 5. The third kappa shape index (κ3) is 5.10. The van der Waals surface area contributed by atoms with Gasteiger partial charge < -0.3 is 14.8 Å². The van der Waals surface area contributed by atoms with Crippen molar-refractivity contribution < 1.29 is 13.6 Å². The lowest BCUT2D eigenvalue weighted by atomic mass is 9.96. The van der Waals surface area contributed by atoms with Crippen molar-refractivity contribution in [3.63, 3.8) is 0 Å². The average Bonchev–Trinajstić information content (AvgIpc) is 3.05. The monoisotopic (exact) mass is 432 g/mol. The van der Waals surface area contributed by atoms with E-state index < -0.39 is 11.6 Å². The van der Waals surface area contributed by atoms with E-state index in [0.29, 0.717) is 38.2 Å². The normalized spacial score (nSPS) is 19.6. The second kappa shape index (κ2) is 9.40. The minimum atomic E-state index is -0.566. The van der Waals surface area contributed by atoms with Crippen LogP contribution in [0.5, 0.6) is 0 Å². The van der Waals surface area contributed by atoms with Crippen LogP contribution in [-0.4, -0.2) is 63.7 Å². The summed E-state index contributed by atoms with van der Waals surface area (Å²) in [5, 5.41) is 11.8. The molecule has 0 aliphatic carbocycles. The molecule has 2 aliphatic heterocycles. The third-order valence-electron chi connectivity index (χ3n) is 6.39. The number of likely N-dealkylation sites (tertiary alicyclic amines) is 1. The van der Waals surface area contributed by atoms with Crippen molar-refractivity contribution in [1.29, 1.82) is 0 Å². The van der Waals surface area contributed by atoms with E-state index in [1.54, 1.807) is 0 Å². The number of aromatic nitrogens is 3. The van der Waals surface area contributed by atoms with Gasteiger partial charge in [0, 0.05) is 50.1 Å². The summed E-state index contributed by atoms with van der Waals surface area (Å²) in [6.45, 7) is 6.32. The first-order valence-electron chi connectivity index (χ1n) is 11.0. The summed E-state index contributed by atoms with van der Waals surface area (Å²) in [4.78, 5) is 17.1. The zero-order chi connectivity index (χ0) is 22.0. The molecule has 1 aromatic carbocycles. The van der Waals surface area contributed by atoms with Crippen molar-refractivity contribution in [3.05, 3.63) is 47.0 Å². The van der Waals surface area contributed by atoms with Crippen LogP contribution in [0.25, 0.3) is 0 Å². The third-order valence-corrected chi connectivity index (χ3v) is 6.39. The fourth-order valence-electron chi connectivity index (χ4n) is 4.42. The number of carbonyl (C=O) groups is 1. The van der Waals surface area contributed by atoms with Crippen molar-refractivity contribution >= 4 is 5.91 Å². The van der Waals surface area contributed by atoms with Crippen molar-refractivity contribution in [3.8, 4) is 0 Å². The van der Waals surface area contributed by atoms with Crippen molar-refractivity contribution in [1.82, 2.24) is 29.9 Å². The van der Waals surface area contributed by atoms with Gasteiger partial charge in [0.25, 0.3) is 0 Å². The van der Waals surface area contributed by atoms with Crippen LogP contribution in [0.1, 0.15) is 43.0 Å².